The molecular weight excluding hydrogens is 432 g/mol. The molecule has 0 saturated heterocycles. The third-order valence-electron chi connectivity index (χ3n) is 4.90. The largest absolute Gasteiger partial charge is 0.322 e. The van der Waals surface area contributed by atoms with E-state index in [2.05, 4.69) is 21.2 Å². The van der Waals surface area contributed by atoms with Crippen molar-refractivity contribution in [2.24, 2.45) is 7.05 Å². The van der Waals surface area contributed by atoms with Crippen LogP contribution in [0, 0.1) is 0 Å². The Morgan fingerprint density at radius 1 is 1.17 bits per heavy atom. The van der Waals surface area contributed by atoms with Crippen molar-refractivity contribution in [3.63, 3.8) is 0 Å². The molecule has 0 bridgehead atoms. The van der Waals surface area contributed by atoms with Crippen molar-refractivity contribution in [2.45, 2.75) is 32.7 Å². The van der Waals surface area contributed by atoms with Crippen LogP contribution in [0.15, 0.2) is 57.8 Å². The molecule has 6 nitrogen and oxygen atoms in total. The highest BCUT2D eigenvalue weighted by Gasteiger charge is 2.27. The maximum Gasteiger partial charge on any atom is 0.322 e. The summed E-state index contributed by atoms with van der Waals surface area (Å²) in [5.41, 5.74) is 1.26. The zero-order valence-corrected chi connectivity index (χ0v) is 18.4. The van der Waals surface area contributed by atoms with Gasteiger partial charge in [0.1, 0.15) is 5.82 Å². The molecule has 1 atom stereocenters. The summed E-state index contributed by atoms with van der Waals surface area (Å²) < 4.78 is 2.51. The normalized spacial score (nSPS) is 12.0. The third kappa shape index (κ3) is 4.50. The first-order valence-electron chi connectivity index (χ1n) is 9.75. The number of halogens is 1. The molecule has 29 heavy (non-hydrogen) atoms. The number of benzene rings is 2. The SMILES string of the molecule is CCCN(C(=O)Nc1ccc(Br)cc1)C(CC)c1nc2ccccc2c(=O)n1C. The number of amides is 2. The molecule has 7 heteroatoms. The van der Waals surface area contributed by atoms with Crippen LogP contribution in [0.5, 0.6) is 0 Å². The van der Waals surface area contributed by atoms with E-state index in [1.54, 1.807) is 22.6 Å². The van der Waals surface area contributed by atoms with Crippen molar-refractivity contribution in [3.8, 4) is 0 Å². The van der Waals surface area contributed by atoms with Crippen LogP contribution < -0.4 is 10.9 Å². The van der Waals surface area contributed by atoms with E-state index < -0.39 is 0 Å². The van der Waals surface area contributed by atoms with Crippen LogP contribution in [0.3, 0.4) is 0 Å². The lowest BCUT2D eigenvalue weighted by atomic mass is 10.1. The third-order valence-corrected chi connectivity index (χ3v) is 5.43. The molecule has 0 aliphatic heterocycles. The lowest BCUT2D eigenvalue weighted by Crippen LogP contribution is -2.41. The smallest absolute Gasteiger partial charge is 0.314 e. The number of fused-ring (bicyclic) bond motifs is 1. The van der Waals surface area contributed by atoms with E-state index in [9.17, 15) is 9.59 Å². The minimum Gasteiger partial charge on any atom is -0.314 e. The van der Waals surface area contributed by atoms with Crippen LogP contribution in [0.2, 0.25) is 0 Å². The molecule has 152 valence electrons. The molecule has 3 rings (SSSR count). The highest BCUT2D eigenvalue weighted by Crippen LogP contribution is 2.25. The van der Waals surface area contributed by atoms with Crippen molar-refractivity contribution < 1.29 is 4.79 Å². The van der Waals surface area contributed by atoms with Crippen LogP contribution in [0.1, 0.15) is 38.6 Å². The highest BCUT2D eigenvalue weighted by molar-refractivity contribution is 9.10. The van der Waals surface area contributed by atoms with Crippen LogP contribution >= 0.6 is 15.9 Å². The van der Waals surface area contributed by atoms with E-state index in [1.165, 1.54) is 0 Å². The van der Waals surface area contributed by atoms with Crippen LogP contribution in [0.4, 0.5) is 10.5 Å². The maximum atomic E-state index is 13.1. The fourth-order valence-electron chi connectivity index (χ4n) is 3.44. The Labute approximate surface area is 178 Å². The van der Waals surface area contributed by atoms with Gasteiger partial charge >= 0.3 is 6.03 Å². The van der Waals surface area contributed by atoms with Crippen LogP contribution in [-0.4, -0.2) is 27.0 Å². The fraction of sp³-hybridized carbons (Fsp3) is 0.318. The molecular formula is C22H25BrN4O2. The summed E-state index contributed by atoms with van der Waals surface area (Å²) >= 11 is 3.40. The van der Waals surface area contributed by atoms with Gasteiger partial charge in [0.15, 0.2) is 0 Å². The van der Waals surface area contributed by atoms with Gasteiger partial charge in [0.25, 0.3) is 5.56 Å². The Kier molecular flexibility index (Phi) is 6.69. The average Bonchev–Trinajstić information content (AvgIpc) is 2.73. The van der Waals surface area contributed by atoms with E-state index in [4.69, 9.17) is 4.98 Å². The lowest BCUT2D eigenvalue weighted by Gasteiger charge is -2.31. The molecule has 1 aromatic heterocycles. The quantitative estimate of drug-likeness (QED) is 0.561. The Bertz CT molecular complexity index is 1060. The van der Waals surface area contributed by atoms with Gasteiger partial charge in [-0.3, -0.25) is 9.36 Å². The van der Waals surface area contributed by atoms with E-state index in [1.807, 2.05) is 56.3 Å². The average molecular weight is 457 g/mol. The van der Waals surface area contributed by atoms with E-state index in [0.29, 0.717) is 29.7 Å². The zero-order chi connectivity index (χ0) is 21.0. The van der Waals surface area contributed by atoms with E-state index in [-0.39, 0.29) is 17.6 Å². The molecule has 0 radical (unpaired) electrons. The first-order chi connectivity index (χ1) is 14.0. The molecule has 0 aliphatic rings. The minimum atomic E-state index is -0.312. The molecule has 2 amide bonds. The molecule has 0 spiro atoms. The number of urea groups is 1. The number of hydrogen-bond donors (Lipinski definition) is 1. The molecule has 0 fully saturated rings. The molecule has 2 aromatic carbocycles. The predicted molar refractivity (Wildman–Crippen MR) is 120 cm³/mol. The summed E-state index contributed by atoms with van der Waals surface area (Å²) in [6.07, 6.45) is 1.44. The summed E-state index contributed by atoms with van der Waals surface area (Å²) in [4.78, 5) is 32.5. The number of nitrogens with zero attached hydrogens (tertiary/aromatic N) is 3. The van der Waals surface area contributed by atoms with Crippen molar-refractivity contribution in [3.05, 3.63) is 69.2 Å². The minimum absolute atomic E-state index is 0.103. The van der Waals surface area contributed by atoms with Crippen LogP contribution in [-0.2, 0) is 7.05 Å². The van der Waals surface area contributed by atoms with Gasteiger partial charge in [-0.1, -0.05) is 41.9 Å². The zero-order valence-electron chi connectivity index (χ0n) is 16.9. The number of carbonyl (C=O) groups is 1. The summed E-state index contributed by atoms with van der Waals surface area (Å²) in [6, 6.07) is 14.2. The van der Waals surface area contributed by atoms with Crippen molar-refractivity contribution in [1.82, 2.24) is 14.5 Å². The molecule has 1 N–H and O–H groups in total. The number of hydrogen-bond acceptors (Lipinski definition) is 3. The fourth-order valence-corrected chi connectivity index (χ4v) is 3.71. The van der Waals surface area contributed by atoms with Gasteiger partial charge in [-0.05, 0) is 49.2 Å². The number of nitrogens with one attached hydrogen (secondary N) is 1. The second kappa shape index (κ2) is 9.22. The monoisotopic (exact) mass is 456 g/mol. The van der Waals surface area contributed by atoms with Gasteiger partial charge in [-0.25, -0.2) is 9.78 Å². The van der Waals surface area contributed by atoms with Gasteiger partial charge < -0.3 is 10.2 Å². The van der Waals surface area contributed by atoms with E-state index in [0.717, 1.165) is 16.6 Å². The van der Waals surface area contributed by atoms with Gasteiger partial charge in [0.2, 0.25) is 0 Å². The first kappa shape index (κ1) is 21.0. The van der Waals surface area contributed by atoms with E-state index >= 15 is 0 Å². The van der Waals surface area contributed by atoms with Gasteiger partial charge in [0, 0.05) is 23.8 Å². The van der Waals surface area contributed by atoms with Gasteiger partial charge in [-0.15, -0.1) is 0 Å². The molecule has 0 saturated carbocycles. The Hall–Kier alpha value is -2.67. The summed E-state index contributed by atoms with van der Waals surface area (Å²) in [7, 11) is 1.72. The van der Waals surface area contributed by atoms with Gasteiger partial charge in [0.05, 0.1) is 16.9 Å². The second-order valence-corrected chi connectivity index (χ2v) is 7.82. The number of aromatic nitrogens is 2. The maximum absolute atomic E-state index is 13.1. The summed E-state index contributed by atoms with van der Waals surface area (Å²) in [6.45, 7) is 4.59. The first-order valence-corrected chi connectivity index (χ1v) is 10.5. The van der Waals surface area contributed by atoms with Crippen molar-refractivity contribution in [1.29, 1.82) is 0 Å². The van der Waals surface area contributed by atoms with Crippen molar-refractivity contribution in [2.75, 3.05) is 11.9 Å². The summed E-state index contributed by atoms with van der Waals surface area (Å²) in [5.74, 6) is 0.593. The molecule has 1 unspecified atom stereocenters. The standard InChI is InChI=1S/C22H25BrN4O2/c1-4-14-27(22(29)24-16-12-10-15(23)11-13-16)19(5-2)20-25-18-9-7-6-8-17(18)21(28)26(20)3/h6-13,19H,4-5,14H2,1-3H3,(H,24,29). The topological polar surface area (TPSA) is 67.2 Å². The number of anilines is 1. The predicted octanol–water partition coefficient (Wildman–Crippen LogP) is 5.09. The number of para-hydroxylation sites is 1. The molecule has 1 heterocycles. The Morgan fingerprint density at radius 2 is 1.86 bits per heavy atom. The molecule has 0 aliphatic carbocycles. The Morgan fingerprint density at radius 3 is 2.52 bits per heavy atom. The lowest BCUT2D eigenvalue weighted by molar-refractivity contribution is 0.180. The number of carbonyl (C=O) groups excluding carboxylic acids is 1. The van der Waals surface area contributed by atoms with Crippen molar-refractivity contribution >= 4 is 38.6 Å². The highest BCUT2D eigenvalue weighted by atomic mass is 79.9. The van der Waals surface area contributed by atoms with Gasteiger partial charge in [-0.2, -0.15) is 0 Å². The summed E-state index contributed by atoms with van der Waals surface area (Å²) in [5, 5.41) is 3.54. The molecule has 3 aromatic rings. The number of rotatable bonds is 6. The van der Waals surface area contributed by atoms with Crippen LogP contribution in [0.25, 0.3) is 10.9 Å². The second-order valence-electron chi connectivity index (χ2n) is 6.91. The Balaban J connectivity index is 1.99.